The van der Waals surface area contributed by atoms with Crippen LogP contribution in [0.25, 0.3) is 11.3 Å². The van der Waals surface area contributed by atoms with Crippen molar-refractivity contribution in [3.8, 4) is 17.0 Å². The molecule has 0 amide bonds. The van der Waals surface area contributed by atoms with Gasteiger partial charge in [-0.15, -0.1) is 0 Å². The number of nitrogens with zero attached hydrogens (tertiary/aromatic N) is 1. The van der Waals surface area contributed by atoms with Gasteiger partial charge in [0.25, 0.3) is 0 Å². The van der Waals surface area contributed by atoms with E-state index in [1.165, 1.54) is 0 Å². The molecule has 0 aliphatic rings. The van der Waals surface area contributed by atoms with Gasteiger partial charge in [0, 0.05) is 22.9 Å². The molecule has 2 aromatic rings. The number of carboxylic acid groups (broad SMARTS) is 1. The number of aryl methyl sites for hydroxylation is 1. The number of rotatable bonds is 6. The number of hydrogen-bond donors (Lipinski definition) is 2. The zero-order valence-electron chi connectivity index (χ0n) is 11.0. The maximum Gasteiger partial charge on any atom is 0.303 e. The number of aromatic nitrogens is 2. The number of carbonyl (C=O) groups is 1. The molecule has 0 fully saturated rings. The molecular weight excluding hydrogens is 324 g/mol. The molecule has 2 N–H and O–H groups in total. The van der Waals surface area contributed by atoms with Crippen LogP contribution in [0.3, 0.4) is 0 Å². The number of aliphatic carboxylic acids is 1. The molecule has 0 spiro atoms. The minimum absolute atomic E-state index is 0.149. The molecule has 2 rings (SSSR count). The Bertz CT molecular complexity index is 610. The summed E-state index contributed by atoms with van der Waals surface area (Å²) in [5.74, 6) is 0.752. The molecule has 0 unspecified atom stereocenters. The third-order valence-corrected chi connectivity index (χ3v) is 3.38. The van der Waals surface area contributed by atoms with Crippen LogP contribution in [0, 0.1) is 0 Å². The lowest BCUT2D eigenvalue weighted by Crippen LogP contribution is -1.97. The maximum atomic E-state index is 10.5. The average Bonchev–Trinajstić information content (AvgIpc) is 2.87. The van der Waals surface area contributed by atoms with Crippen molar-refractivity contribution in [2.45, 2.75) is 19.3 Å². The second-order valence-electron chi connectivity index (χ2n) is 4.34. The van der Waals surface area contributed by atoms with Gasteiger partial charge in [0.15, 0.2) is 0 Å². The van der Waals surface area contributed by atoms with Crippen LogP contribution in [0.1, 0.15) is 18.7 Å². The lowest BCUT2D eigenvalue weighted by atomic mass is 10.1. The number of methoxy groups -OCH3 is 1. The number of H-pyrrole nitrogens is 1. The molecule has 0 aliphatic carbocycles. The van der Waals surface area contributed by atoms with Crippen LogP contribution in [-0.2, 0) is 11.2 Å². The number of halogens is 1. The van der Waals surface area contributed by atoms with Crippen LogP contribution in [0.15, 0.2) is 28.9 Å². The summed E-state index contributed by atoms with van der Waals surface area (Å²) in [4.78, 5) is 18.0. The van der Waals surface area contributed by atoms with E-state index in [1.54, 1.807) is 13.3 Å². The summed E-state index contributed by atoms with van der Waals surface area (Å²) in [7, 11) is 1.62. The van der Waals surface area contributed by atoms with E-state index >= 15 is 0 Å². The van der Waals surface area contributed by atoms with Crippen LogP contribution in [0.5, 0.6) is 5.75 Å². The van der Waals surface area contributed by atoms with Crippen molar-refractivity contribution in [1.29, 1.82) is 0 Å². The summed E-state index contributed by atoms with van der Waals surface area (Å²) < 4.78 is 6.28. The van der Waals surface area contributed by atoms with Crippen LogP contribution < -0.4 is 4.74 Å². The predicted molar refractivity (Wildman–Crippen MR) is 78.8 cm³/mol. The average molecular weight is 339 g/mol. The standard InChI is InChI=1S/C14H15BrN2O3/c1-20-12-6-5-9(15)7-10(12)11-8-16-13(17-11)3-2-4-14(18)19/h5-8H,2-4H2,1H3,(H,16,17)(H,18,19). The summed E-state index contributed by atoms with van der Waals surface area (Å²) >= 11 is 3.43. The molecule has 1 aromatic heterocycles. The lowest BCUT2D eigenvalue weighted by Gasteiger charge is -2.06. The summed E-state index contributed by atoms with van der Waals surface area (Å²) in [5, 5.41) is 8.62. The number of nitrogens with one attached hydrogen (secondary N) is 1. The van der Waals surface area contributed by atoms with Gasteiger partial charge in [-0.3, -0.25) is 4.79 Å². The second-order valence-corrected chi connectivity index (χ2v) is 5.25. The molecule has 0 bridgehead atoms. The quantitative estimate of drug-likeness (QED) is 0.847. The van der Waals surface area contributed by atoms with E-state index in [1.807, 2.05) is 18.2 Å². The topological polar surface area (TPSA) is 75.2 Å². The van der Waals surface area contributed by atoms with Crippen LogP contribution >= 0.6 is 15.9 Å². The molecule has 6 heteroatoms. The molecule has 0 saturated carbocycles. The first-order valence-corrected chi connectivity index (χ1v) is 6.99. The summed E-state index contributed by atoms with van der Waals surface area (Å²) in [6.45, 7) is 0. The number of aromatic amines is 1. The van der Waals surface area contributed by atoms with Crippen molar-refractivity contribution in [3.63, 3.8) is 0 Å². The van der Waals surface area contributed by atoms with Gasteiger partial charge >= 0.3 is 5.97 Å². The molecule has 1 heterocycles. The Morgan fingerprint density at radius 2 is 2.30 bits per heavy atom. The lowest BCUT2D eigenvalue weighted by molar-refractivity contribution is -0.137. The van der Waals surface area contributed by atoms with Gasteiger partial charge in [-0.2, -0.15) is 0 Å². The fraction of sp³-hybridized carbons (Fsp3) is 0.286. The Balaban J connectivity index is 2.16. The van der Waals surface area contributed by atoms with Gasteiger partial charge in [-0.05, 0) is 24.6 Å². The van der Waals surface area contributed by atoms with Crippen molar-refractivity contribution < 1.29 is 14.6 Å². The highest BCUT2D eigenvalue weighted by Crippen LogP contribution is 2.31. The Kier molecular flexibility index (Phi) is 4.79. The Labute approximate surface area is 125 Å². The molecule has 0 aliphatic heterocycles. The first kappa shape index (κ1) is 14.6. The Morgan fingerprint density at radius 3 is 3.00 bits per heavy atom. The van der Waals surface area contributed by atoms with E-state index in [0.29, 0.717) is 12.8 Å². The first-order chi connectivity index (χ1) is 9.60. The van der Waals surface area contributed by atoms with Gasteiger partial charge in [-0.25, -0.2) is 4.98 Å². The number of hydrogen-bond acceptors (Lipinski definition) is 3. The van der Waals surface area contributed by atoms with Gasteiger partial charge in [-0.1, -0.05) is 15.9 Å². The fourth-order valence-corrected chi connectivity index (χ4v) is 2.29. The molecule has 1 aromatic carbocycles. The van der Waals surface area contributed by atoms with E-state index in [0.717, 1.165) is 27.3 Å². The number of ether oxygens (including phenoxy) is 1. The monoisotopic (exact) mass is 338 g/mol. The van der Waals surface area contributed by atoms with Crippen molar-refractivity contribution in [2.24, 2.45) is 0 Å². The molecule has 0 atom stereocenters. The highest BCUT2D eigenvalue weighted by molar-refractivity contribution is 9.10. The molecule has 20 heavy (non-hydrogen) atoms. The van der Waals surface area contributed by atoms with E-state index in [-0.39, 0.29) is 6.42 Å². The van der Waals surface area contributed by atoms with Gasteiger partial charge < -0.3 is 14.8 Å². The van der Waals surface area contributed by atoms with Gasteiger partial charge in [0.05, 0.1) is 19.0 Å². The first-order valence-electron chi connectivity index (χ1n) is 6.19. The normalized spacial score (nSPS) is 10.5. The molecule has 106 valence electrons. The summed E-state index contributed by atoms with van der Waals surface area (Å²) in [6, 6.07) is 5.74. The third-order valence-electron chi connectivity index (χ3n) is 2.88. The smallest absolute Gasteiger partial charge is 0.303 e. The SMILES string of the molecule is COc1ccc(Br)cc1-c1cnc(CCCC(=O)O)[nH]1. The van der Waals surface area contributed by atoms with Crippen molar-refractivity contribution in [2.75, 3.05) is 7.11 Å². The fourth-order valence-electron chi connectivity index (χ4n) is 1.92. The van der Waals surface area contributed by atoms with E-state index in [9.17, 15) is 4.79 Å². The van der Waals surface area contributed by atoms with Crippen molar-refractivity contribution in [3.05, 3.63) is 34.7 Å². The van der Waals surface area contributed by atoms with E-state index in [4.69, 9.17) is 9.84 Å². The Morgan fingerprint density at radius 1 is 1.50 bits per heavy atom. The third kappa shape index (κ3) is 3.60. The molecule has 0 saturated heterocycles. The Hall–Kier alpha value is -1.82. The van der Waals surface area contributed by atoms with Crippen LogP contribution in [0.2, 0.25) is 0 Å². The second kappa shape index (κ2) is 6.56. The van der Waals surface area contributed by atoms with Crippen molar-refractivity contribution >= 4 is 21.9 Å². The molecule has 0 radical (unpaired) electrons. The van der Waals surface area contributed by atoms with Crippen LogP contribution in [0.4, 0.5) is 0 Å². The van der Waals surface area contributed by atoms with Crippen molar-refractivity contribution in [1.82, 2.24) is 9.97 Å². The van der Waals surface area contributed by atoms with Gasteiger partial charge in [0.2, 0.25) is 0 Å². The minimum Gasteiger partial charge on any atom is -0.496 e. The largest absolute Gasteiger partial charge is 0.496 e. The minimum atomic E-state index is -0.787. The predicted octanol–water partition coefficient (Wildman–Crippen LogP) is 3.26. The van der Waals surface area contributed by atoms with Gasteiger partial charge in [0.1, 0.15) is 11.6 Å². The van der Waals surface area contributed by atoms with E-state index in [2.05, 4.69) is 25.9 Å². The zero-order chi connectivity index (χ0) is 14.5. The highest BCUT2D eigenvalue weighted by Gasteiger charge is 2.10. The summed E-state index contributed by atoms with van der Waals surface area (Å²) in [6.07, 6.45) is 3.07. The number of imidazole rings is 1. The maximum absolute atomic E-state index is 10.5. The van der Waals surface area contributed by atoms with E-state index < -0.39 is 5.97 Å². The zero-order valence-corrected chi connectivity index (χ0v) is 12.6. The number of benzene rings is 1. The molecular formula is C14H15BrN2O3. The van der Waals surface area contributed by atoms with Crippen LogP contribution in [-0.4, -0.2) is 28.2 Å². The number of carboxylic acids is 1. The summed E-state index contributed by atoms with van der Waals surface area (Å²) in [5.41, 5.74) is 1.77. The molecule has 5 nitrogen and oxygen atoms in total. The highest BCUT2D eigenvalue weighted by atomic mass is 79.9.